The first-order valence-corrected chi connectivity index (χ1v) is 11.9. The second-order valence-electron chi connectivity index (χ2n) is 7.84. The molecule has 2 aromatic heterocycles. The van der Waals surface area contributed by atoms with E-state index in [9.17, 15) is 13.2 Å². The van der Waals surface area contributed by atoms with Crippen molar-refractivity contribution in [3.05, 3.63) is 84.3 Å². The van der Waals surface area contributed by atoms with E-state index in [2.05, 4.69) is 15.1 Å². The highest BCUT2D eigenvalue weighted by atomic mass is 32.2. The largest absolute Gasteiger partial charge is 0.460 e. The molecule has 170 valence electrons. The number of hydrogen-bond donors (Lipinski definition) is 2. The maximum atomic E-state index is 13.2. The molecule has 0 bridgehead atoms. The Morgan fingerprint density at radius 2 is 1.70 bits per heavy atom. The van der Waals surface area contributed by atoms with Gasteiger partial charge in [0.1, 0.15) is 11.5 Å². The smallest absolute Gasteiger partial charge is 0.259 e. The van der Waals surface area contributed by atoms with Gasteiger partial charge < -0.3 is 9.73 Å². The number of benzene rings is 2. The first-order chi connectivity index (χ1) is 15.7. The van der Waals surface area contributed by atoms with Crippen LogP contribution in [0.4, 0.5) is 5.69 Å². The highest BCUT2D eigenvalue weighted by molar-refractivity contribution is 7.89. The monoisotopic (exact) mass is 464 g/mol. The molecule has 8 nitrogen and oxygen atoms in total. The quantitative estimate of drug-likeness (QED) is 0.422. The van der Waals surface area contributed by atoms with Crippen LogP contribution in [0.2, 0.25) is 0 Å². The van der Waals surface area contributed by atoms with Gasteiger partial charge in [-0.25, -0.2) is 17.8 Å². The van der Waals surface area contributed by atoms with Gasteiger partial charge in [-0.2, -0.15) is 5.10 Å². The molecule has 2 N–H and O–H groups in total. The summed E-state index contributed by atoms with van der Waals surface area (Å²) in [6.07, 6.45) is 1.64. The third kappa shape index (κ3) is 5.05. The van der Waals surface area contributed by atoms with Gasteiger partial charge in [0.25, 0.3) is 5.91 Å². The van der Waals surface area contributed by atoms with Gasteiger partial charge in [-0.3, -0.25) is 4.79 Å². The van der Waals surface area contributed by atoms with Crippen molar-refractivity contribution in [3.8, 4) is 17.1 Å². The summed E-state index contributed by atoms with van der Waals surface area (Å²) < 4.78 is 34.5. The Bertz CT molecular complexity index is 1370. The minimum absolute atomic E-state index is 0.123. The first kappa shape index (κ1) is 22.5. The molecule has 0 spiro atoms. The second kappa shape index (κ2) is 9.05. The fourth-order valence-electron chi connectivity index (χ4n) is 3.29. The van der Waals surface area contributed by atoms with E-state index in [0.29, 0.717) is 28.5 Å². The van der Waals surface area contributed by atoms with Gasteiger partial charge in [-0.05, 0) is 69.3 Å². The minimum atomic E-state index is -3.61. The first-order valence-electron chi connectivity index (χ1n) is 10.4. The van der Waals surface area contributed by atoms with Crippen LogP contribution < -0.4 is 10.0 Å². The van der Waals surface area contributed by atoms with E-state index in [0.717, 1.165) is 5.69 Å². The molecule has 0 aliphatic heterocycles. The number of nitrogens with zero attached hydrogens (tertiary/aromatic N) is 2. The number of para-hydroxylation sites is 1. The number of carbonyl (C=O) groups is 1. The Morgan fingerprint density at radius 1 is 1.00 bits per heavy atom. The lowest BCUT2D eigenvalue weighted by atomic mass is 10.2. The molecule has 0 aliphatic carbocycles. The summed E-state index contributed by atoms with van der Waals surface area (Å²) in [5, 5.41) is 7.39. The standard InChI is InChI=1S/C24H24N4O4S/c1-16(2)27-33(30,31)20-12-10-18(11-13-20)25-24(29)21-15-28(19-7-5-4-6-8-19)26-23(21)22-14-9-17(3)32-22/h4-16,27H,1-3H3,(H,25,29). The van der Waals surface area contributed by atoms with E-state index >= 15 is 0 Å². The average Bonchev–Trinajstić information content (AvgIpc) is 3.40. The number of anilines is 1. The predicted molar refractivity (Wildman–Crippen MR) is 126 cm³/mol. The van der Waals surface area contributed by atoms with Crippen LogP contribution in [0, 0.1) is 6.92 Å². The van der Waals surface area contributed by atoms with Gasteiger partial charge in [0.2, 0.25) is 10.0 Å². The Morgan fingerprint density at radius 3 is 2.30 bits per heavy atom. The normalized spacial score (nSPS) is 11.6. The van der Waals surface area contributed by atoms with Crippen LogP contribution in [0.15, 0.2) is 82.2 Å². The lowest BCUT2D eigenvalue weighted by molar-refractivity contribution is 0.102. The Hall–Kier alpha value is -3.69. The highest BCUT2D eigenvalue weighted by Crippen LogP contribution is 2.26. The van der Waals surface area contributed by atoms with Gasteiger partial charge in [0.05, 0.1) is 16.1 Å². The summed E-state index contributed by atoms with van der Waals surface area (Å²) in [5.74, 6) is 0.795. The van der Waals surface area contributed by atoms with Gasteiger partial charge in [-0.15, -0.1) is 0 Å². The predicted octanol–water partition coefficient (Wildman–Crippen LogP) is 4.38. The summed E-state index contributed by atoms with van der Waals surface area (Å²) in [7, 11) is -3.61. The average molecular weight is 465 g/mol. The summed E-state index contributed by atoms with van der Waals surface area (Å²) >= 11 is 0. The van der Waals surface area contributed by atoms with Crippen molar-refractivity contribution in [3.63, 3.8) is 0 Å². The van der Waals surface area contributed by atoms with Crippen molar-refractivity contribution in [2.75, 3.05) is 5.32 Å². The zero-order valence-corrected chi connectivity index (χ0v) is 19.3. The molecule has 0 radical (unpaired) electrons. The summed E-state index contributed by atoms with van der Waals surface area (Å²) in [4.78, 5) is 13.3. The molecule has 0 atom stereocenters. The fraction of sp³-hybridized carbons (Fsp3) is 0.167. The van der Waals surface area contributed by atoms with Gasteiger partial charge >= 0.3 is 0 Å². The lowest BCUT2D eigenvalue weighted by Gasteiger charge is -2.10. The Balaban J connectivity index is 1.63. The molecule has 2 aromatic carbocycles. The molecule has 4 rings (SSSR count). The third-order valence-corrected chi connectivity index (χ3v) is 6.44. The van der Waals surface area contributed by atoms with E-state index in [1.807, 2.05) is 43.3 Å². The highest BCUT2D eigenvalue weighted by Gasteiger charge is 2.21. The van der Waals surface area contributed by atoms with Crippen LogP contribution >= 0.6 is 0 Å². The van der Waals surface area contributed by atoms with Gasteiger partial charge in [0.15, 0.2) is 5.76 Å². The molecule has 0 unspecified atom stereocenters. The maximum absolute atomic E-state index is 13.2. The van der Waals surface area contributed by atoms with E-state index in [1.165, 1.54) is 12.1 Å². The maximum Gasteiger partial charge on any atom is 0.259 e. The number of furan rings is 1. The summed E-state index contributed by atoms with van der Waals surface area (Å²) in [6, 6.07) is 18.8. The summed E-state index contributed by atoms with van der Waals surface area (Å²) in [5.41, 5.74) is 1.99. The molecular formula is C24H24N4O4S. The summed E-state index contributed by atoms with van der Waals surface area (Å²) in [6.45, 7) is 5.32. The number of sulfonamides is 1. The number of aryl methyl sites for hydroxylation is 1. The molecule has 0 fully saturated rings. The fourth-order valence-corrected chi connectivity index (χ4v) is 4.54. The van der Waals surface area contributed by atoms with Crippen LogP contribution in [0.1, 0.15) is 30.0 Å². The molecule has 0 saturated heterocycles. The molecule has 1 amide bonds. The zero-order chi connectivity index (χ0) is 23.6. The van der Waals surface area contributed by atoms with Crippen molar-refractivity contribution < 1.29 is 17.6 Å². The van der Waals surface area contributed by atoms with Crippen molar-refractivity contribution in [1.82, 2.24) is 14.5 Å². The van der Waals surface area contributed by atoms with Gasteiger partial charge in [0, 0.05) is 17.9 Å². The van der Waals surface area contributed by atoms with Crippen molar-refractivity contribution in [2.45, 2.75) is 31.7 Å². The number of rotatable bonds is 7. The number of nitrogens with one attached hydrogen (secondary N) is 2. The third-order valence-electron chi connectivity index (χ3n) is 4.77. The van der Waals surface area contributed by atoms with Gasteiger partial charge in [-0.1, -0.05) is 18.2 Å². The van der Waals surface area contributed by atoms with Crippen LogP contribution in [0.3, 0.4) is 0 Å². The van der Waals surface area contributed by atoms with Crippen LogP contribution in [-0.2, 0) is 10.0 Å². The Labute approximate surface area is 192 Å². The van der Waals surface area contributed by atoms with Crippen LogP contribution in [0.5, 0.6) is 0 Å². The van der Waals surface area contributed by atoms with Crippen molar-refractivity contribution in [2.24, 2.45) is 0 Å². The number of hydrogen-bond acceptors (Lipinski definition) is 5. The molecule has 4 aromatic rings. The molecule has 2 heterocycles. The zero-order valence-electron chi connectivity index (χ0n) is 18.4. The lowest BCUT2D eigenvalue weighted by Crippen LogP contribution is -2.30. The van der Waals surface area contributed by atoms with Crippen molar-refractivity contribution in [1.29, 1.82) is 0 Å². The number of aromatic nitrogens is 2. The molecule has 0 aliphatic rings. The van der Waals surface area contributed by atoms with E-state index in [-0.39, 0.29) is 10.9 Å². The molecular weight excluding hydrogens is 440 g/mol. The SMILES string of the molecule is Cc1ccc(-c2nn(-c3ccccc3)cc2C(=O)Nc2ccc(S(=O)(=O)NC(C)C)cc2)o1. The molecule has 9 heteroatoms. The molecule has 33 heavy (non-hydrogen) atoms. The number of amides is 1. The van der Waals surface area contributed by atoms with E-state index in [4.69, 9.17) is 4.42 Å². The van der Waals surface area contributed by atoms with E-state index in [1.54, 1.807) is 42.9 Å². The van der Waals surface area contributed by atoms with E-state index < -0.39 is 15.9 Å². The Kier molecular flexibility index (Phi) is 6.17. The van der Waals surface area contributed by atoms with Crippen molar-refractivity contribution >= 4 is 21.6 Å². The second-order valence-corrected chi connectivity index (χ2v) is 9.55. The molecule has 0 saturated carbocycles. The number of carbonyl (C=O) groups excluding carboxylic acids is 1. The van der Waals surface area contributed by atoms with Crippen LogP contribution in [0.25, 0.3) is 17.1 Å². The van der Waals surface area contributed by atoms with Crippen LogP contribution in [-0.4, -0.2) is 30.1 Å². The topological polar surface area (TPSA) is 106 Å². The minimum Gasteiger partial charge on any atom is -0.460 e.